The van der Waals surface area contributed by atoms with Crippen LogP contribution in [0.4, 0.5) is 11.5 Å². The summed E-state index contributed by atoms with van der Waals surface area (Å²) in [5, 5.41) is 12.0. The Balaban J connectivity index is 1.38. The van der Waals surface area contributed by atoms with Crippen LogP contribution in [0.15, 0.2) is 66.7 Å². The van der Waals surface area contributed by atoms with Crippen molar-refractivity contribution in [3.05, 3.63) is 83.7 Å². The second kappa shape index (κ2) is 10.6. The monoisotopic (exact) mass is 509 g/mol. The number of hydrogen-bond acceptors (Lipinski definition) is 8. The second-order valence-electron chi connectivity index (χ2n) is 8.44. The summed E-state index contributed by atoms with van der Waals surface area (Å²) >= 11 is 0. The van der Waals surface area contributed by atoms with Gasteiger partial charge in [-0.25, -0.2) is 4.98 Å². The number of ether oxygens (including phenoxy) is 3. The number of carbonyl (C=O) groups excluding carboxylic acids is 1. The van der Waals surface area contributed by atoms with Gasteiger partial charge >= 0.3 is 0 Å². The minimum Gasteiger partial charge on any atom is -0.493 e. The zero-order valence-corrected chi connectivity index (χ0v) is 21.6. The van der Waals surface area contributed by atoms with E-state index in [2.05, 4.69) is 15.5 Å². The van der Waals surface area contributed by atoms with Crippen LogP contribution in [-0.2, 0) is 6.42 Å². The summed E-state index contributed by atoms with van der Waals surface area (Å²) < 4.78 is 18.1. The number of nitrogens with zero attached hydrogens (tertiary/aromatic N) is 4. The first-order valence-corrected chi connectivity index (χ1v) is 12.1. The molecule has 0 spiro atoms. The number of benzene rings is 3. The molecule has 5 aromatic rings. The zero-order valence-electron chi connectivity index (χ0n) is 21.6. The Kier molecular flexibility index (Phi) is 6.90. The Labute approximate surface area is 219 Å². The molecule has 0 radical (unpaired) electrons. The molecule has 2 aromatic heterocycles. The average molecular weight is 510 g/mol. The van der Waals surface area contributed by atoms with Crippen LogP contribution in [0.2, 0.25) is 0 Å². The van der Waals surface area contributed by atoms with Crippen molar-refractivity contribution < 1.29 is 19.0 Å². The standard InChI is InChI=1S/C29H27N5O4/c1-5-26-32-33-29-28(31-21-8-6-7-9-22(21)34(26)29)30-20-13-11-19(12-14-20)23(35)15-10-18-16-24(36-2)27(38-4)25(17-18)37-3/h6-17H,5H2,1-4H3,(H,30,31)/b15-10+. The van der Waals surface area contributed by atoms with E-state index in [4.69, 9.17) is 19.2 Å². The van der Waals surface area contributed by atoms with E-state index in [9.17, 15) is 4.79 Å². The number of aromatic nitrogens is 4. The minimum atomic E-state index is -0.137. The number of rotatable bonds is 9. The van der Waals surface area contributed by atoms with Crippen molar-refractivity contribution in [1.29, 1.82) is 0 Å². The van der Waals surface area contributed by atoms with Gasteiger partial charge < -0.3 is 19.5 Å². The molecule has 9 heteroatoms. The molecule has 2 heterocycles. The largest absolute Gasteiger partial charge is 0.493 e. The summed E-state index contributed by atoms with van der Waals surface area (Å²) in [7, 11) is 4.65. The smallest absolute Gasteiger partial charge is 0.204 e. The summed E-state index contributed by atoms with van der Waals surface area (Å²) in [6, 6.07) is 18.7. The third-order valence-corrected chi connectivity index (χ3v) is 6.16. The van der Waals surface area contributed by atoms with Gasteiger partial charge in [0.1, 0.15) is 5.82 Å². The number of aryl methyl sites for hydroxylation is 1. The number of carbonyl (C=O) groups is 1. The first kappa shape index (κ1) is 24.8. The van der Waals surface area contributed by atoms with Gasteiger partial charge in [-0.05, 0) is 60.2 Å². The maximum Gasteiger partial charge on any atom is 0.204 e. The van der Waals surface area contributed by atoms with Crippen molar-refractivity contribution >= 4 is 40.0 Å². The average Bonchev–Trinajstić information content (AvgIpc) is 3.40. The molecule has 0 atom stereocenters. The van der Waals surface area contributed by atoms with Gasteiger partial charge in [0.15, 0.2) is 23.1 Å². The van der Waals surface area contributed by atoms with Crippen LogP contribution in [0, 0.1) is 0 Å². The van der Waals surface area contributed by atoms with Crippen LogP contribution in [0.3, 0.4) is 0 Å². The predicted molar refractivity (Wildman–Crippen MR) is 147 cm³/mol. The van der Waals surface area contributed by atoms with Crippen molar-refractivity contribution in [2.45, 2.75) is 13.3 Å². The zero-order chi connectivity index (χ0) is 26.6. The second-order valence-corrected chi connectivity index (χ2v) is 8.44. The summed E-state index contributed by atoms with van der Waals surface area (Å²) in [5.41, 5.74) is 4.51. The maximum atomic E-state index is 12.8. The molecule has 3 aromatic carbocycles. The maximum absolute atomic E-state index is 12.8. The fraction of sp³-hybridized carbons (Fsp3) is 0.172. The molecule has 0 aliphatic heterocycles. The summed E-state index contributed by atoms with van der Waals surface area (Å²) in [6.07, 6.45) is 3.97. The van der Waals surface area contributed by atoms with E-state index in [1.165, 1.54) is 6.08 Å². The van der Waals surface area contributed by atoms with Gasteiger partial charge in [0, 0.05) is 17.7 Å². The lowest BCUT2D eigenvalue weighted by molar-refractivity contribution is 0.104. The van der Waals surface area contributed by atoms with Gasteiger partial charge in [-0.2, -0.15) is 0 Å². The lowest BCUT2D eigenvalue weighted by atomic mass is 10.1. The van der Waals surface area contributed by atoms with Crippen LogP contribution < -0.4 is 19.5 Å². The van der Waals surface area contributed by atoms with E-state index < -0.39 is 0 Å². The Bertz CT molecular complexity index is 1630. The molecule has 0 saturated heterocycles. The number of allylic oxidation sites excluding steroid dienone is 1. The number of fused-ring (bicyclic) bond motifs is 3. The van der Waals surface area contributed by atoms with Crippen molar-refractivity contribution in [2.75, 3.05) is 26.6 Å². The Morgan fingerprint density at radius 3 is 2.32 bits per heavy atom. The quantitative estimate of drug-likeness (QED) is 0.205. The van der Waals surface area contributed by atoms with Gasteiger partial charge in [0.25, 0.3) is 0 Å². The van der Waals surface area contributed by atoms with Crippen LogP contribution in [0.25, 0.3) is 22.8 Å². The Morgan fingerprint density at radius 2 is 1.66 bits per heavy atom. The molecule has 0 unspecified atom stereocenters. The highest BCUT2D eigenvalue weighted by Gasteiger charge is 2.15. The van der Waals surface area contributed by atoms with Gasteiger partial charge in [-0.15, -0.1) is 10.2 Å². The van der Waals surface area contributed by atoms with E-state index in [1.807, 2.05) is 47.7 Å². The molecular formula is C29H27N5O4. The number of hydrogen-bond donors (Lipinski definition) is 1. The SMILES string of the molecule is CCc1nnc2c(Nc3ccc(C(=O)/C=C/c4cc(OC)c(OC)c(OC)c4)cc3)nc3ccccc3n12. The van der Waals surface area contributed by atoms with Crippen LogP contribution in [0.5, 0.6) is 17.2 Å². The number of anilines is 2. The van der Waals surface area contributed by atoms with Crippen molar-refractivity contribution in [2.24, 2.45) is 0 Å². The number of methoxy groups -OCH3 is 3. The molecule has 0 aliphatic rings. The summed E-state index contributed by atoms with van der Waals surface area (Å²) in [4.78, 5) is 17.6. The van der Waals surface area contributed by atoms with Gasteiger partial charge in [-0.1, -0.05) is 25.1 Å². The fourth-order valence-corrected chi connectivity index (χ4v) is 4.27. The molecule has 0 aliphatic carbocycles. The summed E-state index contributed by atoms with van der Waals surface area (Å²) in [5.74, 6) is 2.85. The highest BCUT2D eigenvalue weighted by atomic mass is 16.5. The topological polar surface area (TPSA) is 99.9 Å². The number of para-hydroxylation sites is 2. The molecule has 0 bridgehead atoms. The molecule has 38 heavy (non-hydrogen) atoms. The first-order valence-electron chi connectivity index (χ1n) is 12.1. The number of nitrogens with one attached hydrogen (secondary N) is 1. The van der Waals surface area contributed by atoms with E-state index >= 15 is 0 Å². The van der Waals surface area contributed by atoms with Crippen LogP contribution in [0.1, 0.15) is 28.7 Å². The van der Waals surface area contributed by atoms with Gasteiger partial charge in [-0.3, -0.25) is 9.20 Å². The molecular weight excluding hydrogens is 482 g/mol. The van der Waals surface area contributed by atoms with E-state index in [0.29, 0.717) is 34.3 Å². The highest BCUT2D eigenvalue weighted by molar-refractivity contribution is 6.07. The Hall–Kier alpha value is -4.92. The fourth-order valence-electron chi connectivity index (χ4n) is 4.27. The Morgan fingerprint density at radius 1 is 0.947 bits per heavy atom. The highest BCUT2D eigenvalue weighted by Crippen LogP contribution is 2.38. The molecule has 0 fully saturated rings. The van der Waals surface area contributed by atoms with Crippen molar-refractivity contribution in [3.63, 3.8) is 0 Å². The van der Waals surface area contributed by atoms with E-state index in [-0.39, 0.29) is 5.78 Å². The van der Waals surface area contributed by atoms with Crippen LogP contribution >= 0.6 is 0 Å². The van der Waals surface area contributed by atoms with Crippen LogP contribution in [-0.4, -0.2) is 46.7 Å². The molecule has 5 rings (SSSR count). The first-order chi connectivity index (χ1) is 18.6. The predicted octanol–water partition coefficient (Wildman–Crippen LogP) is 5.51. The van der Waals surface area contributed by atoms with E-state index in [0.717, 1.165) is 34.5 Å². The number of ketones is 1. The minimum absolute atomic E-state index is 0.137. The normalized spacial score (nSPS) is 11.3. The third-order valence-electron chi connectivity index (χ3n) is 6.16. The van der Waals surface area contributed by atoms with Crippen molar-refractivity contribution in [1.82, 2.24) is 19.6 Å². The molecule has 0 amide bonds. The van der Waals surface area contributed by atoms with E-state index in [1.54, 1.807) is 51.7 Å². The molecule has 1 N–H and O–H groups in total. The molecule has 0 saturated carbocycles. The van der Waals surface area contributed by atoms with Gasteiger partial charge in [0.05, 0.1) is 32.4 Å². The lowest BCUT2D eigenvalue weighted by Crippen LogP contribution is -2.02. The molecule has 192 valence electrons. The van der Waals surface area contributed by atoms with Crippen molar-refractivity contribution in [3.8, 4) is 17.2 Å². The molecule has 9 nitrogen and oxygen atoms in total. The third kappa shape index (κ3) is 4.61. The lowest BCUT2D eigenvalue weighted by Gasteiger charge is -2.12. The summed E-state index contributed by atoms with van der Waals surface area (Å²) in [6.45, 7) is 2.05. The van der Waals surface area contributed by atoms with Gasteiger partial charge in [0.2, 0.25) is 11.4 Å².